The van der Waals surface area contributed by atoms with E-state index in [-0.39, 0.29) is 0 Å². The number of ether oxygens (including phenoxy) is 1. The van der Waals surface area contributed by atoms with Crippen LogP contribution in [0.4, 0.5) is 0 Å². The van der Waals surface area contributed by atoms with Crippen LogP contribution in [-0.2, 0) is 0 Å². The third-order valence-corrected chi connectivity index (χ3v) is 2.78. The van der Waals surface area contributed by atoms with Crippen LogP contribution in [0.3, 0.4) is 0 Å². The second kappa shape index (κ2) is 5.19. The summed E-state index contributed by atoms with van der Waals surface area (Å²) in [5, 5.41) is 4.99. The van der Waals surface area contributed by atoms with Gasteiger partial charge in [-0.3, -0.25) is 0 Å². The van der Waals surface area contributed by atoms with Crippen molar-refractivity contribution >= 4 is 22.4 Å². The van der Waals surface area contributed by atoms with Crippen LogP contribution < -0.4 is 10.1 Å². The summed E-state index contributed by atoms with van der Waals surface area (Å²) in [5.74, 6) is 0.793. The van der Waals surface area contributed by atoms with Crippen molar-refractivity contribution in [3.8, 4) is 5.75 Å². The molecule has 0 aliphatic carbocycles. The molecule has 16 heavy (non-hydrogen) atoms. The fourth-order valence-electron chi connectivity index (χ4n) is 1.64. The minimum absolute atomic E-state index is 0.671. The first-order valence-electron chi connectivity index (χ1n) is 5.41. The van der Waals surface area contributed by atoms with Crippen molar-refractivity contribution in [2.45, 2.75) is 0 Å². The second-order valence-corrected chi connectivity index (χ2v) is 4.05. The molecule has 0 fully saturated rings. The lowest BCUT2D eigenvalue weighted by atomic mass is 10.1. The fraction of sp³-hybridized carbons (Fsp3) is 0.231. The van der Waals surface area contributed by atoms with Gasteiger partial charge < -0.3 is 10.1 Å². The van der Waals surface area contributed by atoms with Crippen molar-refractivity contribution in [3.05, 3.63) is 41.4 Å². The first-order valence-corrected chi connectivity index (χ1v) is 5.78. The Balaban J connectivity index is 2.37. The van der Waals surface area contributed by atoms with Gasteiger partial charge in [0.15, 0.2) is 0 Å². The van der Waals surface area contributed by atoms with Crippen LogP contribution in [0.15, 0.2) is 36.4 Å². The molecule has 0 saturated carbocycles. The third kappa shape index (κ3) is 2.29. The van der Waals surface area contributed by atoms with Crippen molar-refractivity contribution in [1.29, 1.82) is 0 Å². The zero-order valence-electron chi connectivity index (χ0n) is 9.24. The SMILES string of the molecule is C[NH2+]CCOc1c(Cl)ccc2ccccc12. The summed E-state index contributed by atoms with van der Waals surface area (Å²) < 4.78 is 5.73. The third-order valence-electron chi connectivity index (χ3n) is 2.48. The highest BCUT2D eigenvalue weighted by Crippen LogP contribution is 2.33. The summed E-state index contributed by atoms with van der Waals surface area (Å²) in [6.07, 6.45) is 0. The number of quaternary nitrogens is 1. The van der Waals surface area contributed by atoms with Crippen molar-refractivity contribution in [2.75, 3.05) is 20.2 Å². The summed E-state index contributed by atoms with van der Waals surface area (Å²) in [6.45, 7) is 1.60. The Morgan fingerprint density at radius 1 is 1.19 bits per heavy atom. The first-order chi connectivity index (χ1) is 7.83. The molecule has 0 atom stereocenters. The van der Waals surface area contributed by atoms with Crippen LogP contribution in [0.25, 0.3) is 10.8 Å². The molecule has 2 aromatic carbocycles. The highest BCUT2D eigenvalue weighted by Gasteiger charge is 2.06. The van der Waals surface area contributed by atoms with Gasteiger partial charge in [-0.15, -0.1) is 0 Å². The number of nitrogens with two attached hydrogens (primary N) is 1. The quantitative estimate of drug-likeness (QED) is 0.808. The lowest BCUT2D eigenvalue weighted by Gasteiger charge is -2.10. The zero-order valence-corrected chi connectivity index (χ0v) is 10.00. The highest BCUT2D eigenvalue weighted by molar-refractivity contribution is 6.33. The van der Waals surface area contributed by atoms with Crippen LogP contribution in [0.5, 0.6) is 5.75 Å². The van der Waals surface area contributed by atoms with Gasteiger partial charge in [-0.05, 0) is 11.5 Å². The Morgan fingerprint density at radius 3 is 2.81 bits per heavy atom. The summed E-state index contributed by atoms with van der Waals surface area (Å²) in [5.41, 5.74) is 0. The Kier molecular flexibility index (Phi) is 3.65. The summed E-state index contributed by atoms with van der Waals surface area (Å²) in [6, 6.07) is 12.0. The molecule has 0 aromatic heterocycles. The average Bonchev–Trinajstić information content (AvgIpc) is 2.32. The van der Waals surface area contributed by atoms with E-state index in [0.717, 1.165) is 23.1 Å². The number of benzene rings is 2. The average molecular weight is 237 g/mol. The molecule has 0 unspecified atom stereocenters. The van der Waals surface area contributed by atoms with Gasteiger partial charge in [0.1, 0.15) is 18.9 Å². The molecule has 2 N–H and O–H groups in total. The normalized spacial score (nSPS) is 10.6. The van der Waals surface area contributed by atoms with Gasteiger partial charge in [0.05, 0.1) is 12.1 Å². The summed E-state index contributed by atoms with van der Waals surface area (Å²) in [4.78, 5) is 0. The van der Waals surface area contributed by atoms with E-state index in [1.54, 1.807) is 0 Å². The van der Waals surface area contributed by atoms with Crippen molar-refractivity contribution in [3.63, 3.8) is 0 Å². The minimum Gasteiger partial charge on any atom is -0.486 e. The van der Waals surface area contributed by atoms with Gasteiger partial charge in [-0.25, -0.2) is 0 Å². The lowest BCUT2D eigenvalue weighted by molar-refractivity contribution is -0.627. The largest absolute Gasteiger partial charge is 0.486 e. The van der Waals surface area contributed by atoms with E-state index >= 15 is 0 Å². The maximum absolute atomic E-state index is 6.15. The molecule has 2 rings (SSSR count). The van der Waals surface area contributed by atoms with Gasteiger partial charge in [0.2, 0.25) is 0 Å². The molecule has 0 amide bonds. The van der Waals surface area contributed by atoms with Gasteiger partial charge in [-0.1, -0.05) is 41.9 Å². The van der Waals surface area contributed by atoms with Crippen LogP contribution in [0.2, 0.25) is 5.02 Å². The van der Waals surface area contributed by atoms with E-state index in [0.29, 0.717) is 11.6 Å². The predicted octanol–water partition coefficient (Wildman–Crippen LogP) is 2.07. The van der Waals surface area contributed by atoms with Crippen LogP contribution in [0.1, 0.15) is 0 Å². The molecule has 2 aromatic rings. The van der Waals surface area contributed by atoms with Crippen LogP contribution >= 0.6 is 11.6 Å². The second-order valence-electron chi connectivity index (χ2n) is 3.64. The molecule has 0 aliphatic rings. The molecule has 0 aliphatic heterocycles. The van der Waals surface area contributed by atoms with Crippen molar-refractivity contribution in [2.24, 2.45) is 0 Å². The molecule has 0 saturated heterocycles. The molecule has 2 nitrogen and oxygen atoms in total. The maximum atomic E-state index is 6.15. The Bertz CT molecular complexity index is 484. The number of hydrogen-bond acceptors (Lipinski definition) is 1. The van der Waals surface area contributed by atoms with E-state index in [1.165, 1.54) is 0 Å². The molecule has 0 spiro atoms. The van der Waals surface area contributed by atoms with Gasteiger partial charge in [-0.2, -0.15) is 0 Å². The smallest absolute Gasteiger partial charge is 0.146 e. The Labute approximate surface area is 100 Å². The monoisotopic (exact) mass is 236 g/mol. The van der Waals surface area contributed by atoms with Gasteiger partial charge in [0.25, 0.3) is 0 Å². The van der Waals surface area contributed by atoms with E-state index in [1.807, 2.05) is 37.4 Å². The first kappa shape index (κ1) is 11.2. The number of hydrogen-bond donors (Lipinski definition) is 1. The molecular formula is C13H15ClNO+. The topological polar surface area (TPSA) is 25.8 Å². The van der Waals surface area contributed by atoms with Crippen LogP contribution in [-0.4, -0.2) is 20.2 Å². The molecule has 84 valence electrons. The number of likely N-dealkylation sites (N-methyl/N-ethyl adjacent to an activating group) is 1. The van der Waals surface area contributed by atoms with Gasteiger partial charge in [0, 0.05) is 5.39 Å². The number of fused-ring (bicyclic) bond motifs is 1. The highest BCUT2D eigenvalue weighted by atomic mass is 35.5. The molecular weight excluding hydrogens is 222 g/mol. The van der Waals surface area contributed by atoms with Crippen molar-refractivity contribution in [1.82, 2.24) is 0 Å². The van der Waals surface area contributed by atoms with E-state index in [2.05, 4.69) is 11.4 Å². The summed E-state index contributed by atoms with van der Waals surface area (Å²) >= 11 is 6.15. The molecule has 0 radical (unpaired) electrons. The van der Waals surface area contributed by atoms with E-state index < -0.39 is 0 Å². The minimum atomic E-state index is 0.671. The zero-order chi connectivity index (χ0) is 11.4. The Morgan fingerprint density at radius 2 is 2.00 bits per heavy atom. The standard InChI is InChI=1S/C13H14ClNO/c1-15-8-9-16-13-11-5-3-2-4-10(11)6-7-12(13)14/h2-7,15H,8-9H2,1H3/p+1. The fourth-order valence-corrected chi connectivity index (χ4v) is 1.86. The van der Waals surface area contributed by atoms with Crippen molar-refractivity contribution < 1.29 is 10.1 Å². The number of halogens is 1. The number of rotatable bonds is 4. The predicted molar refractivity (Wildman–Crippen MR) is 67.2 cm³/mol. The van der Waals surface area contributed by atoms with E-state index in [9.17, 15) is 0 Å². The molecule has 0 heterocycles. The summed E-state index contributed by atoms with van der Waals surface area (Å²) in [7, 11) is 2.02. The van der Waals surface area contributed by atoms with Crippen LogP contribution in [0, 0.1) is 0 Å². The molecule has 3 heteroatoms. The lowest BCUT2D eigenvalue weighted by Crippen LogP contribution is -2.80. The van der Waals surface area contributed by atoms with Gasteiger partial charge >= 0.3 is 0 Å². The maximum Gasteiger partial charge on any atom is 0.146 e. The Hall–Kier alpha value is -1.25. The van der Waals surface area contributed by atoms with E-state index in [4.69, 9.17) is 16.3 Å². The molecule has 0 bridgehead atoms.